The van der Waals surface area contributed by atoms with E-state index in [0.717, 1.165) is 5.52 Å². The quantitative estimate of drug-likeness (QED) is 0.767. The lowest BCUT2D eigenvalue weighted by Crippen LogP contribution is -2.37. The molecule has 3 rings (SSSR count). The highest BCUT2D eigenvalue weighted by atomic mass is 19.1. The molecule has 124 valence electrons. The molecule has 0 spiro atoms. The van der Waals surface area contributed by atoms with Crippen LogP contribution in [0.5, 0.6) is 0 Å². The molecular formula is C17H17FN4O2. The summed E-state index contributed by atoms with van der Waals surface area (Å²) >= 11 is 0. The summed E-state index contributed by atoms with van der Waals surface area (Å²) in [6, 6.07) is 10.1. The first-order chi connectivity index (χ1) is 11.5. The minimum absolute atomic E-state index is 0.323. The summed E-state index contributed by atoms with van der Waals surface area (Å²) < 4.78 is 14.6. The molecule has 2 unspecified atom stereocenters. The van der Waals surface area contributed by atoms with E-state index in [1.165, 1.54) is 24.3 Å². The molecule has 0 fully saturated rings. The molecule has 0 aliphatic heterocycles. The minimum Gasteiger partial charge on any atom is -0.386 e. The van der Waals surface area contributed by atoms with E-state index in [4.69, 9.17) is 0 Å². The Bertz CT molecular complexity index is 876. The number of hydrogen-bond donors (Lipinski definition) is 2. The number of aliphatic hydroxyl groups is 1. The number of amides is 1. The van der Waals surface area contributed by atoms with Crippen LogP contribution in [-0.4, -0.2) is 32.0 Å². The lowest BCUT2D eigenvalue weighted by Gasteiger charge is -2.20. The van der Waals surface area contributed by atoms with E-state index < -0.39 is 12.1 Å². The highest BCUT2D eigenvalue weighted by molar-refractivity contribution is 5.97. The van der Waals surface area contributed by atoms with Crippen molar-refractivity contribution in [3.63, 3.8) is 0 Å². The molecule has 0 saturated carbocycles. The Hall–Kier alpha value is -2.80. The van der Waals surface area contributed by atoms with Crippen molar-refractivity contribution >= 4 is 16.9 Å². The van der Waals surface area contributed by atoms with Gasteiger partial charge in [-0.15, -0.1) is 5.10 Å². The van der Waals surface area contributed by atoms with Crippen LogP contribution in [0.3, 0.4) is 0 Å². The van der Waals surface area contributed by atoms with Crippen LogP contribution >= 0.6 is 0 Å². The maximum absolute atomic E-state index is 12.9. The Balaban J connectivity index is 1.73. The van der Waals surface area contributed by atoms with Crippen LogP contribution in [0.25, 0.3) is 11.0 Å². The highest BCUT2D eigenvalue weighted by Gasteiger charge is 2.19. The molecule has 0 saturated heterocycles. The smallest absolute Gasteiger partial charge is 0.251 e. The summed E-state index contributed by atoms with van der Waals surface area (Å²) in [6.07, 6.45) is -0.935. The monoisotopic (exact) mass is 328 g/mol. The number of carbonyl (C=O) groups excluding carboxylic acids is 1. The molecule has 2 aromatic carbocycles. The highest BCUT2D eigenvalue weighted by Crippen LogP contribution is 2.18. The molecular weight excluding hydrogens is 311 g/mol. The van der Waals surface area contributed by atoms with Crippen molar-refractivity contribution in [3.8, 4) is 0 Å². The predicted molar refractivity (Wildman–Crippen MR) is 86.8 cm³/mol. The van der Waals surface area contributed by atoms with Gasteiger partial charge in [-0.1, -0.05) is 17.3 Å². The molecule has 0 aliphatic carbocycles. The number of aromatic nitrogens is 3. The van der Waals surface area contributed by atoms with Crippen molar-refractivity contribution in [2.24, 2.45) is 7.05 Å². The van der Waals surface area contributed by atoms with Gasteiger partial charge in [0.15, 0.2) is 0 Å². The Kier molecular flexibility index (Phi) is 4.26. The molecule has 0 bridgehead atoms. The van der Waals surface area contributed by atoms with Crippen molar-refractivity contribution in [1.29, 1.82) is 0 Å². The lowest BCUT2D eigenvalue weighted by atomic mass is 10.0. The number of fused-ring (bicyclic) bond motifs is 1. The van der Waals surface area contributed by atoms with Crippen molar-refractivity contribution in [3.05, 3.63) is 59.4 Å². The molecule has 1 amide bonds. The third-order valence-electron chi connectivity index (χ3n) is 3.92. The van der Waals surface area contributed by atoms with Crippen LogP contribution < -0.4 is 5.32 Å². The number of aliphatic hydroxyl groups excluding tert-OH is 1. The molecule has 2 atom stereocenters. The van der Waals surface area contributed by atoms with Crippen LogP contribution in [-0.2, 0) is 7.05 Å². The second-order valence-corrected chi connectivity index (χ2v) is 5.68. The van der Waals surface area contributed by atoms with E-state index >= 15 is 0 Å². The molecule has 2 N–H and O–H groups in total. The topological polar surface area (TPSA) is 80.0 Å². The average Bonchev–Trinajstić information content (AvgIpc) is 2.95. The average molecular weight is 328 g/mol. The van der Waals surface area contributed by atoms with E-state index in [-0.39, 0.29) is 11.7 Å². The third kappa shape index (κ3) is 3.11. The summed E-state index contributed by atoms with van der Waals surface area (Å²) in [4.78, 5) is 12.4. The van der Waals surface area contributed by atoms with Crippen molar-refractivity contribution in [2.45, 2.75) is 19.1 Å². The predicted octanol–water partition coefficient (Wildman–Crippen LogP) is 1.96. The first-order valence-electron chi connectivity index (χ1n) is 7.49. The first-order valence-corrected chi connectivity index (χ1v) is 7.49. The molecule has 1 aromatic heterocycles. The first kappa shape index (κ1) is 16.1. The van der Waals surface area contributed by atoms with Gasteiger partial charge < -0.3 is 10.4 Å². The summed E-state index contributed by atoms with van der Waals surface area (Å²) in [7, 11) is 1.77. The van der Waals surface area contributed by atoms with Gasteiger partial charge in [0.1, 0.15) is 11.3 Å². The number of nitrogens with zero attached hydrogens (tertiary/aromatic N) is 3. The standard InChI is InChI=1S/C17H17FN4O2/c1-10(16(23)11-3-6-13(18)7-4-11)19-17(24)12-5-8-15-14(9-12)20-21-22(15)2/h3-10,16,23H,1-2H3,(H,19,24). The Morgan fingerprint density at radius 1 is 1.25 bits per heavy atom. The van der Waals surface area contributed by atoms with Gasteiger partial charge in [0.05, 0.1) is 17.7 Å². The molecule has 0 aliphatic rings. The molecule has 7 heteroatoms. The number of hydrogen-bond acceptors (Lipinski definition) is 4. The van der Waals surface area contributed by atoms with Crippen LogP contribution in [0.4, 0.5) is 4.39 Å². The van der Waals surface area contributed by atoms with E-state index in [2.05, 4.69) is 15.6 Å². The van der Waals surface area contributed by atoms with E-state index in [1.807, 2.05) is 0 Å². The number of carbonyl (C=O) groups is 1. The van der Waals surface area contributed by atoms with E-state index in [0.29, 0.717) is 16.6 Å². The van der Waals surface area contributed by atoms with Gasteiger partial charge in [0.25, 0.3) is 5.91 Å². The zero-order valence-electron chi connectivity index (χ0n) is 13.3. The van der Waals surface area contributed by atoms with Gasteiger partial charge >= 0.3 is 0 Å². The number of rotatable bonds is 4. The molecule has 3 aromatic rings. The van der Waals surface area contributed by atoms with Crippen LogP contribution in [0, 0.1) is 5.82 Å². The fourth-order valence-corrected chi connectivity index (χ4v) is 2.50. The third-order valence-corrected chi connectivity index (χ3v) is 3.92. The second-order valence-electron chi connectivity index (χ2n) is 5.68. The van der Waals surface area contributed by atoms with Crippen LogP contribution in [0.2, 0.25) is 0 Å². The summed E-state index contributed by atoms with van der Waals surface area (Å²) in [5.41, 5.74) is 2.41. The number of aryl methyl sites for hydroxylation is 1. The van der Waals surface area contributed by atoms with Gasteiger partial charge in [0, 0.05) is 12.6 Å². The largest absolute Gasteiger partial charge is 0.386 e. The molecule has 1 heterocycles. The fraction of sp³-hybridized carbons (Fsp3) is 0.235. The van der Waals surface area contributed by atoms with Gasteiger partial charge in [-0.25, -0.2) is 9.07 Å². The summed E-state index contributed by atoms with van der Waals surface area (Å²) in [6.45, 7) is 1.69. The maximum atomic E-state index is 12.9. The second kappa shape index (κ2) is 6.37. The van der Waals surface area contributed by atoms with E-state index in [1.54, 1.807) is 36.9 Å². The zero-order valence-corrected chi connectivity index (χ0v) is 13.3. The van der Waals surface area contributed by atoms with Gasteiger partial charge in [-0.05, 0) is 42.8 Å². The van der Waals surface area contributed by atoms with Crippen LogP contribution in [0.15, 0.2) is 42.5 Å². The lowest BCUT2D eigenvalue weighted by molar-refractivity contribution is 0.0852. The normalized spacial score (nSPS) is 13.7. The Morgan fingerprint density at radius 3 is 2.67 bits per heavy atom. The van der Waals surface area contributed by atoms with Crippen molar-refractivity contribution in [1.82, 2.24) is 20.3 Å². The molecule has 0 radical (unpaired) electrons. The molecule has 6 nitrogen and oxygen atoms in total. The zero-order chi connectivity index (χ0) is 17.3. The number of benzene rings is 2. The van der Waals surface area contributed by atoms with Gasteiger partial charge in [0.2, 0.25) is 0 Å². The fourth-order valence-electron chi connectivity index (χ4n) is 2.50. The number of nitrogens with one attached hydrogen (secondary N) is 1. The Labute approximate surface area is 137 Å². The minimum atomic E-state index is -0.935. The number of halogens is 1. The summed E-state index contributed by atoms with van der Waals surface area (Å²) in [5.74, 6) is -0.698. The maximum Gasteiger partial charge on any atom is 0.251 e. The van der Waals surface area contributed by atoms with E-state index in [9.17, 15) is 14.3 Å². The Morgan fingerprint density at radius 2 is 1.96 bits per heavy atom. The van der Waals surface area contributed by atoms with Crippen molar-refractivity contribution < 1.29 is 14.3 Å². The van der Waals surface area contributed by atoms with Gasteiger partial charge in [-0.3, -0.25) is 4.79 Å². The molecule has 24 heavy (non-hydrogen) atoms. The SMILES string of the molecule is CC(NC(=O)c1ccc2c(c1)nnn2C)C(O)c1ccc(F)cc1. The summed E-state index contributed by atoms with van der Waals surface area (Å²) in [5, 5.41) is 20.9. The van der Waals surface area contributed by atoms with Crippen molar-refractivity contribution in [2.75, 3.05) is 0 Å². The van der Waals surface area contributed by atoms with Gasteiger partial charge in [-0.2, -0.15) is 0 Å². The van der Waals surface area contributed by atoms with Crippen LogP contribution in [0.1, 0.15) is 28.9 Å².